The molecule has 1 aromatic heterocycles. The second kappa shape index (κ2) is 10.7. The number of amides is 2. The van der Waals surface area contributed by atoms with Crippen LogP contribution < -0.4 is 5.48 Å². The fraction of sp³-hybridized carbons (Fsp3) is 0.600. The summed E-state index contributed by atoms with van der Waals surface area (Å²) >= 11 is 0. The van der Waals surface area contributed by atoms with E-state index in [-0.39, 0.29) is 38.5 Å². The molecule has 0 radical (unpaired) electrons. The van der Waals surface area contributed by atoms with Gasteiger partial charge in [-0.25, -0.2) is 23.5 Å². The highest BCUT2D eigenvalue weighted by Gasteiger charge is 2.45. The van der Waals surface area contributed by atoms with Gasteiger partial charge in [0, 0.05) is 63.7 Å². The van der Waals surface area contributed by atoms with Gasteiger partial charge in [0.05, 0.1) is 6.54 Å². The zero-order chi connectivity index (χ0) is 26.6. The van der Waals surface area contributed by atoms with Crippen molar-refractivity contribution < 1.29 is 29.0 Å². The molecule has 1 unspecified atom stereocenters. The monoisotopic (exact) mass is 517 g/mol. The highest BCUT2D eigenvalue weighted by Crippen LogP contribution is 2.26. The number of rotatable bonds is 7. The average molecular weight is 518 g/mol. The Morgan fingerprint density at radius 1 is 1.36 bits per heavy atom. The van der Waals surface area contributed by atoms with E-state index >= 15 is 0 Å². The zero-order valence-electron chi connectivity index (χ0n) is 21.6. The summed E-state index contributed by atoms with van der Waals surface area (Å²) in [6.07, 6.45) is 4.37. The number of nitrogens with one attached hydrogen (secondary N) is 1. The molecule has 4 heterocycles. The lowest BCUT2D eigenvalue weighted by atomic mass is 10.0. The fourth-order valence-corrected chi connectivity index (χ4v) is 5.06. The molecule has 36 heavy (non-hydrogen) atoms. The predicted molar refractivity (Wildman–Crippen MR) is 132 cm³/mol. The van der Waals surface area contributed by atoms with E-state index in [1.54, 1.807) is 12.3 Å². The summed E-state index contributed by atoms with van der Waals surface area (Å²) in [7, 11) is -3.54. The van der Waals surface area contributed by atoms with E-state index < -0.39 is 26.8 Å². The van der Waals surface area contributed by atoms with Gasteiger partial charge in [0.2, 0.25) is 0 Å². The normalized spacial score (nSPS) is 22.3. The van der Waals surface area contributed by atoms with E-state index in [4.69, 9.17) is 10.9 Å². The third-order valence-electron chi connectivity index (χ3n) is 6.81. The molecule has 0 spiro atoms. The van der Waals surface area contributed by atoms with Crippen molar-refractivity contribution in [3.05, 3.63) is 23.5 Å². The summed E-state index contributed by atoms with van der Waals surface area (Å²) in [6.45, 7) is 3.81. The number of fused-ring (bicyclic) bond motifs is 1. The quantitative estimate of drug-likeness (QED) is 0.424. The van der Waals surface area contributed by atoms with Gasteiger partial charge in [-0.05, 0) is 51.1 Å². The van der Waals surface area contributed by atoms with Crippen LogP contribution in [-0.4, -0.2) is 85.3 Å². The summed E-state index contributed by atoms with van der Waals surface area (Å²) in [4.78, 5) is 34.5. The molecule has 3 aliphatic rings. The van der Waals surface area contributed by atoms with Crippen molar-refractivity contribution >= 4 is 21.8 Å². The van der Waals surface area contributed by atoms with E-state index in [0.717, 1.165) is 37.9 Å². The number of nitrogens with zero attached hydrogens (tertiary/aromatic N) is 3. The van der Waals surface area contributed by atoms with E-state index in [1.807, 2.05) is 4.90 Å². The number of hydrogen-bond acceptors (Lipinski definition) is 7. The molecule has 10 nitrogen and oxygen atoms in total. The van der Waals surface area contributed by atoms with E-state index in [2.05, 4.69) is 29.2 Å². The number of carbonyl (C=O) groups excluding carboxylic acids is 2. The van der Waals surface area contributed by atoms with Gasteiger partial charge in [-0.1, -0.05) is 11.8 Å². The topological polar surface area (TPSA) is 110 Å². The maximum Gasteiger partial charge on any atom is 0.328 e. The van der Waals surface area contributed by atoms with Gasteiger partial charge in [0.1, 0.15) is 0 Å². The third kappa shape index (κ3) is 5.76. The van der Waals surface area contributed by atoms with Gasteiger partial charge in [-0.15, -0.1) is 0 Å². The zero-order valence-corrected chi connectivity index (χ0v) is 21.4. The Labute approximate surface area is 213 Å². The summed E-state index contributed by atoms with van der Waals surface area (Å²) in [5, 5.41) is 0. The molecule has 194 valence electrons. The molecule has 0 aliphatic carbocycles. The minimum atomic E-state index is -3.83. The second-order valence-corrected chi connectivity index (χ2v) is 12.1. The first-order valence-electron chi connectivity index (χ1n) is 12.6. The third-order valence-corrected chi connectivity index (χ3v) is 8.84. The first kappa shape index (κ1) is 24.8. The Hall–Kier alpha value is -2.83. The summed E-state index contributed by atoms with van der Waals surface area (Å²) in [5.74, 6) is 11.1. The molecule has 1 N–H and O–H groups in total. The van der Waals surface area contributed by atoms with Gasteiger partial charge >= 0.3 is 6.03 Å². The highest BCUT2D eigenvalue weighted by atomic mass is 32.2. The smallest absolute Gasteiger partial charge is 0.328 e. The van der Waals surface area contributed by atoms with Crippen LogP contribution in [0.15, 0.2) is 12.3 Å². The molecule has 2 saturated heterocycles. The van der Waals surface area contributed by atoms with E-state index in [1.165, 1.54) is 16.4 Å². The number of sulfone groups is 1. The van der Waals surface area contributed by atoms with Crippen molar-refractivity contribution in [1.82, 2.24) is 19.8 Å². The van der Waals surface area contributed by atoms with Crippen molar-refractivity contribution in [2.45, 2.75) is 50.2 Å². The molecule has 3 aliphatic heterocycles. The molecule has 1 aromatic rings. The average Bonchev–Trinajstić information content (AvgIpc) is 3.37. The molecule has 2 atom stereocenters. The highest BCUT2D eigenvalue weighted by molar-refractivity contribution is 7.92. The molecule has 0 bridgehead atoms. The van der Waals surface area contributed by atoms with Crippen LogP contribution >= 0.6 is 0 Å². The second-order valence-electron chi connectivity index (χ2n) is 9.64. The largest absolute Gasteiger partial charge is 0.350 e. The number of hydrogen-bond donors (Lipinski definition) is 1. The van der Waals surface area contributed by atoms with Crippen LogP contribution in [-0.2, 0) is 30.8 Å². The summed E-state index contributed by atoms with van der Waals surface area (Å²) in [6, 6.07) is 1.50. The number of aromatic nitrogens is 1. The Balaban J connectivity index is 1.33. The molecule has 0 aromatic carbocycles. The molecule has 2 amide bonds. The van der Waals surface area contributed by atoms with Crippen LogP contribution in [0.5, 0.6) is 0 Å². The number of likely N-dealkylation sites (tertiary alicyclic amines) is 1. The van der Waals surface area contributed by atoms with Gasteiger partial charge in [-0.2, -0.15) is 0 Å². The summed E-state index contributed by atoms with van der Waals surface area (Å²) in [5.41, 5.74) is 3.66. The lowest BCUT2D eigenvalue weighted by Crippen LogP contribution is -2.52. The predicted octanol–water partition coefficient (Wildman–Crippen LogP) is 0.956. The molecular weight excluding hydrogens is 484 g/mol. The minimum Gasteiger partial charge on any atom is -0.350 e. The molecular formula is C25H32N4O6S. The standard InChI is InChI=1S/C25H32N4O6S/c1-25(36(3,32)33,23(30)26-35-22-10-6-7-13-34-22)11-12-28-18-21-14-19(17-29(21)24(28)31)8-4-5-9-20-15-27(2)16-20/h14,17,20,22H,6-7,10-13,15-16,18H2,1-3H3,(H,26,30)/t22?,25-/m1/s1/i2D. The van der Waals surface area contributed by atoms with Gasteiger partial charge in [-0.3, -0.25) is 9.36 Å². The number of carbonyl (C=O) groups is 2. The van der Waals surface area contributed by atoms with Crippen LogP contribution in [0.25, 0.3) is 0 Å². The Bertz CT molecular complexity index is 1260. The molecule has 4 rings (SSSR count). The van der Waals surface area contributed by atoms with E-state index in [0.29, 0.717) is 18.6 Å². The fourth-order valence-electron chi connectivity index (χ4n) is 4.22. The minimum absolute atomic E-state index is 0.0701. The lowest BCUT2D eigenvalue weighted by Gasteiger charge is -2.32. The SMILES string of the molecule is [2H]CN1CC(C#CC#Cc2cc3n(c2)C(=O)N(CC[C@](C)(C(=O)NOC2CCCCO2)S(C)(=O)=O)C3)C1. The number of ether oxygens (including phenoxy) is 1. The Morgan fingerprint density at radius 3 is 2.83 bits per heavy atom. The summed E-state index contributed by atoms with van der Waals surface area (Å²) < 4.78 is 37.5. The van der Waals surface area contributed by atoms with E-state index in [9.17, 15) is 18.0 Å². The Morgan fingerprint density at radius 2 is 2.17 bits per heavy atom. The van der Waals surface area contributed by atoms with Crippen LogP contribution in [0.2, 0.25) is 0 Å². The van der Waals surface area contributed by atoms with Crippen LogP contribution in [0.3, 0.4) is 0 Å². The van der Waals surface area contributed by atoms with Crippen LogP contribution in [0.4, 0.5) is 4.79 Å². The molecule has 0 saturated carbocycles. The maximum absolute atomic E-state index is 12.9. The van der Waals surface area contributed by atoms with Gasteiger partial charge in [0.15, 0.2) is 20.9 Å². The van der Waals surface area contributed by atoms with Crippen molar-refractivity contribution in [1.29, 1.82) is 0 Å². The number of hydroxylamine groups is 1. The first-order chi connectivity index (χ1) is 17.6. The first-order valence-corrected chi connectivity index (χ1v) is 13.8. The van der Waals surface area contributed by atoms with Crippen molar-refractivity contribution in [2.24, 2.45) is 5.92 Å². The van der Waals surface area contributed by atoms with Crippen molar-refractivity contribution in [2.75, 3.05) is 39.5 Å². The van der Waals surface area contributed by atoms with Gasteiger partial charge < -0.3 is 14.5 Å². The van der Waals surface area contributed by atoms with Crippen molar-refractivity contribution in [3.8, 4) is 23.7 Å². The molecule has 2 fully saturated rings. The maximum atomic E-state index is 12.9. The van der Waals surface area contributed by atoms with Crippen LogP contribution in [0.1, 0.15) is 45.2 Å². The van der Waals surface area contributed by atoms with Gasteiger partial charge in [0.25, 0.3) is 5.91 Å². The van der Waals surface area contributed by atoms with Crippen molar-refractivity contribution in [3.63, 3.8) is 0 Å². The molecule has 11 heteroatoms. The lowest BCUT2D eigenvalue weighted by molar-refractivity contribution is -0.201. The Kier molecular flexibility index (Phi) is 7.35. The van der Waals surface area contributed by atoms with Crippen LogP contribution in [0, 0.1) is 29.6 Å².